The molecule has 2 rings (SSSR count). The molecule has 0 spiro atoms. The van der Waals surface area contributed by atoms with Crippen molar-refractivity contribution in [2.75, 3.05) is 0 Å². The summed E-state index contributed by atoms with van der Waals surface area (Å²) in [6, 6.07) is 10.4. The van der Waals surface area contributed by atoms with Gasteiger partial charge in [-0.15, -0.1) is 0 Å². The molecule has 1 heterocycles. The van der Waals surface area contributed by atoms with Crippen molar-refractivity contribution in [3.05, 3.63) is 47.6 Å². The molecule has 0 N–H and O–H groups in total. The third-order valence-corrected chi connectivity index (χ3v) is 3.63. The van der Waals surface area contributed by atoms with Gasteiger partial charge in [0.2, 0.25) is 5.89 Å². The number of nitrogens with zero attached hydrogens (tertiary/aromatic N) is 2. The van der Waals surface area contributed by atoms with E-state index in [1.807, 2.05) is 6.07 Å². The molecule has 2 aromatic rings. The Balaban J connectivity index is 1.82. The van der Waals surface area contributed by atoms with Crippen LogP contribution in [0.1, 0.15) is 62.7 Å². The molecule has 0 unspecified atom stereocenters. The van der Waals surface area contributed by atoms with Gasteiger partial charge in [-0.3, -0.25) is 0 Å². The van der Waals surface area contributed by atoms with Crippen molar-refractivity contribution in [1.29, 1.82) is 0 Å². The predicted octanol–water partition coefficient (Wildman–Crippen LogP) is 4.54. The minimum absolute atomic E-state index is 0.375. The molecule has 0 radical (unpaired) electrons. The third kappa shape index (κ3) is 4.48. The van der Waals surface area contributed by atoms with E-state index in [0.29, 0.717) is 5.92 Å². The fourth-order valence-corrected chi connectivity index (χ4v) is 2.29. The van der Waals surface area contributed by atoms with Crippen LogP contribution in [0.25, 0.3) is 0 Å². The van der Waals surface area contributed by atoms with Crippen LogP contribution in [0, 0.1) is 0 Å². The lowest BCUT2D eigenvalue weighted by Gasteiger charge is -2.04. The number of hydrogen-bond acceptors (Lipinski definition) is 3. The van der Waals surface area contributed by atoms with Gasteiger partial charge in [-0.05, 0) is 18.4 Å². The summed E-state index contributed by atoms with van der Waals surface area (Å²) in [6.07, 6.45) is 6.70. The summed E-state index contributed by atoms with van der Waals surface area (Å²) in [4.78, 5) is 4.53. The minimum atomic E-state index is 0.375. The van der Waals surface area contributed by atoms with E-state index in [0.717, 1.165) is 31.0 Å². The summed E-state index contributed by atoms with van der Waals surface area (Å²) < 4.78 is 5.38. The Hall–Kier alpha value is -1.64. The third-order valence-electron chi connectivity index (χ3n) is 3.63. The molecule has 3 nitrogen and oxygen atoms in total. The Morgan fingerprint density at radius 1 is 1.10 bits per heavy atom. The number of benzene rings is 1. The Kier molecular flexibility index (Phi) is 5.78. The predicted molar refractivity (Wildman–Crippen MR) is 80.7 cm³/mol. The van der Waals surface area contributed by atoms with Crippen LogP contribution in [-0.2, 0) is 12.8 Å². The molecule has 0 saturated carbocycles. The van der Waals surface area contributed by atoms with Gasteiger partial charge < -0.3 is 4.52 Å². The largest absolute Gasteiger partial charge is 0.339 e. The molecule has 0 fully saturated rings. The molecule has 3 heteroatoms. The van der Waals surface area contributed by atoms with Crippen LogP contribution in [-0.4, -0.2) is 10.1 Å². The number of unbranched alkanes of at least 4 members (excludes halogenated alkanes) is 2. The second-order valence-electron chi connectivity index (χ2n) is 5.43. The second kappa shape index (κ2) is 7.83. The van der Waals surface area contributed by atoms with E-state index >= 15 is 0 Å². The van der Waals surface area contributed by atoms with Crippen LogP contribution in [0.3, 0.4) is 0 Å². The van der Waals surface area contributed by atoms with Crippen molar-refractivity contribution in [2.45, 2.75) is 58.3 Å². The quantitative estimate of drug-likeness (QED) is 0.662. The first kappa shape index (κ1) is 14.8. The zero-order chi connectivity index (χ0) is 14.2. The molecule has 0 bridgehead atoms. The molecule has 0 aliphatic carbocycles. The van der Waals surface area contributed by atoms with Crippen LogP contribution in [0.15, 0.2) is 34.9 Å². The molecule has 0 aliphatic rings. The van der Waals surface area contributed by atoms with Gasteiger partial charge in [0.25, 0.3) is 0 Å². The van der Waals surface area contributed by atoms with E-state index in [1.165, 1.54) is 24.8 Å². The van der Waals surface area contributed by atoms with Crippen LogP contribution in [0.2, 0.25) is 0 Å². The minimum Gasteiger partial charge on any atom is -0.339 e. The molecular weight excluding hydrogens is 248 g/mol. The average Bonchev–Trinajstić information content (AvgIpc) is 2.95. The monoisotopic (exact) mass is 272 g/mol. The summed E-state index contributed by atoms with van der Waals surface area (Å²) in [7, 11) is 0. The lowest BCUT2D eigenvalue weighted by Crippen LogP contribution is -1.96. The van der Waals surface area contributed by atoms with E-state index < -0.39 is 0 Å². The highest BCUT2D eigenvalue weighted by Crippen LogP contribution is 2.20. The van der Waals surface area contributed by atoms with Crippen LogP contribution < -0.4 is 0 Å². The zero-order valence-corrected chi connectivity index (χ0v) is 12.5. The fraction of sp³-hybridized carbons (Fsp3) is 0.529. The number of aryl methyl sites for hydroxylation is 2. The molecule has 1 aromatic heterocycles. The standard InChI is InChI=1S/C17H24N2O/c1-3-4-6-9-14(2)17-18-16(19-20-17)13-12-15-10-7-5-8-11-15/h5,7-8,10-11,14H,3-4,6,9,12-13H2,1-2H3/t14-/m0/s1. The Bertz CT molecular complexity index is 493. The molecule has 0 amide bonds. The van der Waals surface area contributed by atoms with Crippen LogP contribution in [0.4, 0.5) is 0 Å². The van der Waals surface area contributed by atoms with Gasteiger partial charge in [-0.25, -0.2) is 0 Å². The SMILES string of the molecule is CCCCC[C@H](C)c1nc(CCc2ccccc2)no1. The maximum atomic E-state index is 5.38. The lowest BCUT2D eigenvalue weighted by atomic mass is 10.0. The van der Waals surface area contributed by atoms with Crippen molar-refractivity contribution in [3.63, 3.8) is 0 Å². The van der Waals surface area contributed by atoms with Gasteiger partial charge in [0, 0.05) is 12.3 Å². The first-order chi connectivity index (χ1) is 9.79. The van der Waals surface area contributed by atoms with Gasteiger partial charge in [0.1, 0.15) is 0 Å². The van der Waals surface area contributed by atoms with Gasteiger partial charge in [0.15, 0.2) is 5.82 Å². The van der Waals surface area contributed by atoms with E-state index in [4.69, 9.17) is 4.52 Å². The topological polar surface area (TPSA) is 38.9 Å². The highest BCUT2D eigenvalue weighted by atomic mass is 16.5. The normalized spacial score (nSPS) is 12.5. The van der Waals surface area contributed by atoms with Gasteiger partial charge in [-0.2, -0.15) is 4.98 Å². The summed E-state index contributed by atoms with van der Waals surface area (Å²) in [5.41, 5.74) is 1.31. The van der Waals surface area contributed by atoms with Crippen molar-refractivity contribution in [1.82, 2.24) is 10.1 Å². The fourth-order valence-electron chi connectivity index (χ4n) is 2.29. The molecule has 108 valence electrons. The Labute approximate surface area is 121 Å². The second-order valence-corrected chi connectivity index (χ2v) is 5.43. The summed E-state index contributed by atoms with van der Waals surface area (Å²) in [5.74, 6) is 2.00. The molecule has 0 saturated heterocycles. The maximum absolute atomic E-state index is 5.38. The van der Waals surface area contributed by atoms with Crippen molar-refractivity contribution in [2.24, 2.45) is 0 Å². The zero-order valence-electron chi connectivity index (χ0n) is 12.5. The van der Waals surface area contributed by atoms with Crippen LogP contribution >= 0.6 is 0 Å². The van der Waals surface area contributed by atoms with Gasteiger partial charge in [0.05, 0.1) is 0 Å². The summed E-state index contributed by atoms with van der Waals surface area (Å²) >= 11 is 0. The Morgan fingerprint density at radius 3 is 2.65 bits per heavy atom. The van der Waals surface area contributed by atoms with Crippen molar-refractivity contribution < 1.29 is 4.52 Å². The van der Waals surface area contributed by atoms with Crippen molar-refractivity contribution >= 4 is 0 Å². The maximum Gasteiger partial charge on any atom is 0.229 e. The van der Waals surface area contributed by atoms with E-state index in [9.17, 15) is 0 Å². The summed E-state index contributed by atoms with van der Waals surface area (Å²) in [6.45, 7) is 4.39. The summed E-state index contributed by atoms with van der Waals surface area (Å²) in [5, 5.41) is 4.09. The smallest absolute Gasteiger partial charge is 0.229 e. The highest BCUT2D eigenvalue weighted by Gasteiger charge is 2.13. The number of aromatic nitrogens is 2. The average molecular weight is 272 g/mol. The molecule has 1 aromatic carbocycles. The molecule has 1 atom stereocenters. The Morgan fingerprint density at radius 2 is 1.90 bits per heavy atom. The number of rotatable bonds is 8. The van der Waals surface area contributed by atoms with Gasteiger partial charge >= 0.3 is 0 Å². The lowest BCUT2D eigenvalue weighted by molar-refractivity contribution is 0.346. The van der Waals surface area contributed by atoms with E-state index in [2.05, 4.69) is 48.3 Å². The van der Waals surface area contributed by atoms with Crippen LogP contribution in [0.5, 0.6) is 0 Å². The van der Waals surface area contributed by atoms with Crippen molar-refractivity contribution in [3.8, 4) is 0 Å². The first-order valence-corrected chi connectivity index (χ1v) is 7.66. The molecular formula is C17H24N2O. The molecule has 20 heavy (non-hydrogen) atoms. The van der Waals surface area contributed by atoms with Gasteiger partial charge in [-0.1, -0.05) is 68.6 Å². The first-order valence-electron chi connectivity index (χ1n) is 7.66. The molecule has 0 aliphatic heterocycles. The van der Waals surface area contributed by atoms with E-state index in [-0.39, 0.29) is 0 Å². The highest BCUT2D eigenvalue weighted by molar-refractivity contribution is 5.15. The van der Waals surface area contributed by atoms with E-state index in [1.54, 1.807) is 0 Å². The number of hydrogen-bond donors (Lipinski definition) is 0.